The Morgan fingerprint density at radius 3 is 2.39 bits per heavy atom. The molecule has 0 amide bonds. The maximum atomic E-state index is 14.9. The minimum absolute atomic E-state index is 0.0908. The lowest BCUT2D eigenvalue weighted by Crippen LogP contribution is -2.41. The minimum atomic E-state index is -4.82. The van der Waals surface area contributed by atoms with E-state index in [4.69, 9.17) is 0 Å². The van der Waals surface area contributed by atoms with Crippen molar-refractivity contribution in [3.8, 4) is 17.0 Å². The normalized spacial score (nSPS) is 20.4. The van der Waals surface area contributed by atoms with E-state index in [1.165, 1.54) is 25.4 Å². The summed E-state index contributed by atoms with van der Waals surface area (Å²) < 4.78 is 96.2. The van der Waals surface area contributed by atoms with Crippen LogP contribution >= 0.6 is 0 Å². The molecule has 0 N–H and O–H groups in total. The van der Waals surface area contributed by atoms with Crippen LogP contribution < -0.4 is 4.74 Å². The van der Waals surface area contributed by atoms with Gasteiger partial charge in [0, 0.05) is 30.6 Å². The number of hydrogen-bond donors (Lipinski definition) is 0. The summed E-state index contributed by atoms with van der Waals surface area (Å²) in [6, 6.07) is 9.41. The number of carbonyl (C=O) groups excluding carboxylic acids is 1. The molecule has 7 nitrogen and oxygen atoms in total. The van der Waals surface area contributed by atoms with E-state index in [1.807, 2.05) is 0 Å². The smallest absolute Gasteiger partial charge is 0.406 e. The fourth-order valence-corrected chi connectivity index (χ4v) is 5.93. The van der Waals surface area contributed by atoms with Gasteiger partial charge in [-0.1, -0.05) is 0 Å². The average Bonchev–Trinajstić information content (AvgIpc) is 3.19. The van der Waals surface area contributed by atoms with Crippen molar-refractivity contribution in [2.45, 2.75) is 49.2 Å². The van der Waals surface area contributed by atoms with Gasteiger partial charge in [0.05, 0.1) is 16.6 Å². The van der Waals surface area contributed by atoms with E-state index in [1.54, 1.807) is 6.07 Å². The molecule has 13 heteroatoms. The number of benzene rings is 2. The number of rotatable bonds is 8. The molecule has 2 aromatic carbocycles. The van der Waals surface area contributed by atoms with Crippen molar-refractivity contribution in [1.82, 2.24) is 14.3 Å². The zero-order valence-corrected chi connectivity index (χ0v) is 20.8. The van der Waals surface area contributed by atoms with Crippen molar-refractivity contribution < 1.29 is 39.9 Å². The number of ketones is 1. The van der Waals surface area contributed by atoms with E-state index in [2.05, 4.69) is 14.7 Å². The van der Waals surface area contributed by atoms with E-state index in [0.29, 0.717) is 17.0 Å². The van der Waals surface area contributed by atoms with Gasteiger partial charge in [-0.05, 0) is 67.9 Å². The third-order valence-electron chi connectivity index (χ3n) is 5.98. The average molecular weight is 556 g/mol. The third kappa shape index (κ3) is 6.51. The van der Waals surface area contributed by atoms with Crippen LogP contribution in [0.2, 0.25) is 0 Å². The molecule has 0 radical (unpaired) electrons. The fourth-order valence-electron chi connectivity index (χ4n) is 4.21. The van der Waals surface area contributed by atoms with E-state index >= 15 is 0 Å². The summed E-state index contributed by atoms with van der Waals surface area (Å²) in [4.78, 5) is 21.0. The quantitative estimate of drug-likeness (QED) is 0.369. The van der Waals surface area contributed by atoms with Crippen molar-refractivity contribution in [3.05, 3.63) is 72.4 Å². The molecule has 1 saturated heterocycles. The highest BCUT2D eigenvalue weighted by atomic mass is 32.2. The molecule has 0 spiro atoms. The predicted octanol–water partition coefficient (Wildman–Crippen LogP) is 4.87. The molecule has 3 aromatic rings. The highest BCUT2D eigenvalue weighted by Crippen LogP contribution is 2.36. The molecule has 1 aliphatic rings. The summed E-state index contributed by atoms with van der Waals surface area (Å²) in [5.41, 5.74) is -0.640. The van der Waals surface area contributed by atoms with Crippen LogP contribution in [-0.4, -0.2) is 53.1 Å². The Morgan fingerprint density at radius 1 is 1.11 bits per heavy atom. The number of aryl methyl sites for hydroxylation is 1. The zero-order chi connectivity index (χ0) is 27.7. The Balaban J connectivity index is 1.47. The first-order chi connectivity index (χ1) is 17.7. The molecular formula is C25H22F5N3O4S. The first-order valence-corrected chi connectivity index (χ1v) is 12.8. The molecular weight excluding hydrogens is 533 g/mol. The number of hydrogen-bond acceptors (Lipinski definition) is 6. The molecule has 0 aliphatic carbocycles. The van der Waals surface area contributed by atoms with Crippen LogP contribution in [0.25, 0.3) is 11.3 Å². The van der Waals surface area contributed by atoms with Gasteiger partial charge in [-0.15, -0.1) is 13.2 Å². The number of ether oxygens (including phenoxy) is 1. The summed E-state index contributed by atoms with van der Waals surface area (Å²) in [6.45, 7) is 0.698. The molecule has 0 saturated carbocycles. The summed E-state index contributed by atoms with van der Waals surface area (Å²) in [5, 5.41) is 0. The van der Waals surface area contributed by atoms with Crippen molar-refractivity contribution in [2.75, 3.05) is 6.54 Å². The number of carbonyl (C=O) groups is 1. The Labute approximate surface area is 215 Å². The first kappa shape index (κ1) is 27.6. The van der Waals surface area contributed by atoms with Gasteiger partial charge in [0.2, 0.25) is 10.0 Å². The van der Waals surface area contributed by atoms with Gasteiger partial charge in [-0.25, -0.2) is 27.2 Å². The molecule has 202 valence electrons. The Morgan fingerprint density at radius 2 is 1.76 bits per heavy atom. The molecule has 2 atom stereocenters. The molecule has 1 unspecified atom stereocenters. The SMILES string of the molecule is CC1(F)C[C@@H](C(=O)CCc2cc(-c3ccc(OC(F)(F)F)cc3)ncn2)N(S(=O)(=O)c2ccc(F)cc2)C1. The van der Waals surface area contributed by atoms with Crippen molar-refractivity contribution >= 4 is 15.8 Å². The summed E-state index contributed by atoms with van der Waals surface area (Å²) in [7, 11) is -4.26. The Kier molecular flexibility index (Phi) is 7.53. The number of Topliss-reactive ketones (excluding diaryl/α,β-unsaturated/α-hetero) is 1. The Bertz CT molecular complexity index is 1410. The number of nitrogens with zero attached hydrogens (tertiary/aromatic N) is 3. The number of sulfonamides is 1. The van der Waals surface area contributed by atoms with E-state index in [0.717, 1.165) is 40.7 Å². The van der Waals surface area contributed by atoms with Crippen LogP contribution in [0.1, 0.15) is 25.5 Å². The van der Waals surface area contributed by atoms with E-state index < -0.39 is 52.0 Å². The summed E-state index contributed by atoms with van der Waals surface area (Å²) >= 11 is 0. The second-order valence-electron chi connectivity index (χ2n) is 9.07. The molecule has 1 aromatic heterocycles. The van der Waals surface area contributed by atoms with Gasteiger partial charge in [0.1, 0.15) is 23.6 Å². The van der Waals surface area contributed by atoms with Crippen LogP contribution in [0.15, 0.2) is 65.8 Å². The standard InChI is InChI=1S/C25H22F5N3O4S/c1-24(27)13-22(33(14-24)38(35,36)20-9-4-17(26)5-10-20)23(34)11-6-18-12-21(32-15-31-18)16-2-7-19(8-3-16)37-25(28,29)30/h2-5,7-10,12,15,22H,6,11,13-14H2,1H3/t22-,24?/m0/s1. The number of halogens is 5. The van der Waals surface area contributed by atoms with Crippen LogP contribution in [-0.2, 0) is 21.2 Å². The highest BCUT2D eigenvalue weighted by Gasteiger charge is 2.49. The van der Waals surface area contributed by atoms with Crippen molar-refractivity contribution in [2.24, 2.45) is 0 Å². The molecule has 1 fully saturated rings. The number of alkyl halides is 4. The first-order valence-electron chi connectivity index (χ1n) is 11.4. The fraction of sp³-hybridized carbons (Fsp3) is 0.320. The molecule has 2 heterocycles. The summed E-state index contributed by atoms with van der Waals surface area (Å²) in [5.74, 6) is -1.54. The van der Waals surface area contributed by atoms with Crippen molar-refractivity contribution in [3.63, 3.8) is 0 Å². The van der Waals surface area contributed by atoms with Gasteiger partial charge in [0.15, 0.2) is 5.78 Å². The molecule has 0 bridgehead atoms. The second kappa shape index (κ2) is 10.4. The van der Waals surface area contributed by atoms with Crippen LogP contribution in [0.3, 0.4) is 0 Å². The van der Waals surface area contributed by atoms with Gasteiger partial charge >= 0.3 is 6.36 Å². The highest BCUT2D eigenvalue weighted by molar-refractivity contribution is 7.89. The van der Waals surface area contributed by atoms with Crippen molar-refractivity contribution in [1.29, 1.82) is 0 Å². The van der Waals surface area contributed by atoms with E-state index in [-0.39, 0.29) is 24.2 Å². The minimum Gasteiger partial charge on any atom is -0.406 e. The monoisotopic (exact) mass is 555 g/mol. The molecule has 4 rings (SSSR count). The van der Waals surface area contributed by atoms with Crippen LogP contribution in [0.5, 0.6) is 5.75 Å². The van der Waals surface area contributed by atoms with Crippen LogP contribution in [0, 0.1) is 5.82 Å². The molecule has 1 aliphatic heterocycles. The maximum Gasteiger partial charge on any atom is 0.573 e. The zero-order valence-electron chi connectivity index (χ0n) is 20.0. The lowest BCUT2D eigenvalue weighted by Gasteiger charge is -2.23. The van der Waals surface area contributed by atoms with Gasteiger partial charge in [-0.2, -0.15) is 4.31 Å². The van der Waals surface area contributed by atoms with Crippen LogP contribution in [0.4, 0.5) is 22.0 Å². The van der Waals surface area contributed by atoms with Gasteiger partial charge in [-0.3, -0.25) is 4.79 Å². The number of aromatic nitrogens is 2. The Hall–Kier alpha value is -3.45. The third-order valence-corrected chi connectivity index (χ3v) is 7.85. The lowest BCUT2D eigenvalue weighted by atomic mass is 9.99. The predicted molar refractivity (Wildman–Crippen MR) is 126 cm³/mol. The summed E-state index contributed by atoms with van der Waals surface area (Å²) in [6.07, 6.45) is -3.97. The largest absolute Gasteiger partial charge is 0.573 e. The second-order valence-corrected chi connectivity index (χ2v) is 11.0. The lowest BCUT2D eigenvalue weighted by molar-refractivity contribution is -0.274. The van der Waals surface area contributed by atoms with Gasteiger partial charge in [0.25, 0.3) is 0 Å². The topological polar surface area (TPSA) is 89.5 Å². The van der Waals surface area contributed by atoms with E-state index in [9.17, 15) is 35.2 Å². The van der Waals surface area contributed by atoms with Gasteiger partial charge < -0.3 is 4.74 Å². The molecule has 38 heavy (non-hydrogen) atoms. The maximum absolute atomic E-state index is 14.9.